The minimum Gasteiger partial charge on any atom is -0.508 e. The second-order valence-corrected chi connectivity index (χ2v) is 4.44. The standard InChI is InChI=1S/C15H15NO2/c17-14-4-1-11(2-5-14)10-16-13-3-6-15-12(9-13)7-8-18-15/h1-6,9,16-17H,7-8,10H2. The van der Waals surface area contributed by atoms with Crippen LogP contribution >= 0.6 is 0 Å². The average Bonchev–Trinajstić information content (AvgIpc) is 2.85. The molecule has 3 heteroatoms. The van der Waals surface area contributed by atoms with Gasteiger partial charge in [0, 0.05) is 18.7 Å². The van der Waals surface area contributed by atoms with Crippen LogP contribution < -0.4 is 10.1 Å². The molecule has 2 N–H and O–H groups in total. The number of hydrogen-bond donors (Lipinski definition) is 2. The minimum atomic E-state index is 0.299. The number of anilines is 1. The molecule has 1 aliphatic heterocycles. The molecule has 0 spiro atoms. The number of ether oxygens (including phenoxy) is 1. The van der Waals surface area contributed by atoms with E-state index < -0.39 is 0 Å². The molecule has 0 bridgehead atoms. The summed E-state index contributed by atoms with van der Waals surface area (Å²) >= 11 is 0. The van der Waals surface area contributed by atoms with Gasteiger partial charge in [0.15, 0.2) is 0 Å². The van der Waals surface area contributed by atoms with E-state index in [0.717, 1.165) is 36.6 Å². The number of phenolic OH excluding ortho intramolecular Hbond substituents is 1. The van der Waals surface area contributed by atoms with Gasteiger partial charge in [-0.05, 0) is 41.5 Å². The summed E-state index contributed by atoms with van der Waals surface area (Å²) in [5.74, 6) is 1.30. The summed E-state index contributed by atoms with van der Waals surface area (Å²) in [4.78, 5) is 0. The van der Waals surface area contributed by atoms with Gasteiger partial charge in [-0.2, -0.15) is 0 Å². The molecule has 0 aliphatic carbocycles. The van der Waals surface area contributed by atoms with E-state index in [0.29, 0.717) is 5.75 Å². The topological polar surface area (TPSA) is 41.5 Å². The van der Waals surface area contributed by atoms with Crippen LogP contribution in [0.25, 0.3) is 0 Å². The molecular formula is C15H15NO2. The van der Waals surface area contributed by atoms with Crippen molar-refractivity contribution in [2.45, 2.75) is 13.0 Å². The molecule has 1 heterocycles. The molecule has 0 radical (unpaired) electrons. The molecule has 0 atom stereocenters. The Balaban J connectivity index is 1.68. The van der Waals surface area contributed by atoms with Gasteiger partial charge in [-0.3, -0.25) is 0 Å². The fraction of sp³-hybridized carbons (Fsp3) is 0.200. The van der Waals surface area contributed by atoms with Crippen LogP contribution in [0.1, 0.15) is 11.1 Å². The lowest BCUT2D eigenvalue weighted by molar-refractivity contribution is 0.357. The Morgan fingerprint density at radius 3 is 2.78 bits per heavy atom. The number of benzene rings is 2. The maximum absolute atomic E-state index is 9.21. The molecule has 0 aromatic heterocycles. The van der Waals surface area contributed by atoms with Crippen molar-refractivity contribution < 1.29 is 9.84 Å². The zero-order valence-electron chi connectivity index (χ0n) is 10.0. The van der Waals surface area contributed by atoms with E-state index >= 15 is 0 Å². The Hall–Kier alpha value is -2.16. The highest BCUT2D eigenvalue weighted by molar-refractivity contribution is 5.52. The van der Waals surface area contributed by atoms with Crippen LogP contribution in [0.4, 0.5) is 5.69 Å². The van der Waals surface area contributed by atoms with Gasteiger partial charge in [0.25, 0.3) is 0 Å². The number of aromatic hydroxyl groups is 1. The molecule has 2 aromatic rings. The van der Waals surface area contributed by atoms with E-state index in [-0.39, 0.29) is 0 Å². The van der Waals surface area contributed by atoms with Crippen LogP contribution in [-0.2, 0) is 13.0 Å². The quantitative estimate of drug-likeness (QED) is 0.868. The smallest absolute Gasteiger partial charge is 0.122 e. The van der Waals surface area contributed by atoms with Crippen LogP contribution in [0.3, 0.4) is 0 Å². The number of rotatable bonds is 3. The summed E-state index contributed by atoms with van der Waals surface area (Å²) in [6.07, 6.45) is 0.990. The molecule has 0 amide bonds. The maximum atomic E-state index is 9.21. The van der Waals surface area contributed by atoms with E-state index in [1.807, 2.05) is 24.3 Å². The predicted molar refractivity (Wildman–Crippen MR) is 71.1 cm³/mol. The summed E-state index contributed by atoms with van der Waals surface area (Å²) in [7, 11) is 0. The summed E-state index contributed by atoms with van der Waals surface area (Å²) in [5, 5.41) is 12.6. The van der Waals surface area contributed by atoms with E-state index in [4.69, 9.17) is 4.74 Å². The van der Waals surface area contributed by atoms with Crippen LogP contribution in [0.2, 0.25) is 0 Å². The Morgan fingerprint density at radius 1 is 1.11 bits per heavy atom. The monoisotopic (exact) mass is 241 g/mol. The highest BCUT2D eigenvalue weighted by Crippen LogP contribution is 2.28. The second-order valence-electron chi connectivity index (χ2n) is 4.44. The van der Waals surface area contributed by atoms with Gasteiger partial charge in [-0.15, -0.1) is 0 Å². The summed E-state index contributed by atoms with van der Waals surface area (Å²) < 4.78 is 5.47. The molecular weight excluding hydrogens is 226 g/mol. The number of phenols is 1. The molecule has 0 saturated carbocycles. The van der Waals surface area contributed by atoms with Gasteiger partial charge in [0.05, 0.1) is 6.61 Å². The Morgan fingerprint density at radius 2 is 1.94 bits per heavy atom. The van der Waals surface area contributed by atoms with Crippen LogP contribution in [0.15, 0.2) is 42.5 Å². The minimum absolute atomic E-state index is 0.299. The Bertz CT molecular complexity index is 549. The Kier molecular flexibility index (Phi) is 2.81. The van der Waals surface area contributed by atoms with Crippen molar-refractivity contribution in [3.05, 3.63) is 53.6 Å². The van der Waals surface area contributed by atoms with Crippen molar-refractivity contribution in [2.75, 3.05) is 11.9 Å². The molecule has 3 nitrogen and oxygen atoms in total. The first kappa shape index (κ1) is 11.0. The first-order valence-corrected chi connectivity index (χ1v) is 6.09. The lowest BCUT2D eigenvalue weighted by atomic mass is 10.1. The molecule has 92 valence electrons. The third-order valence-electron chi connectivity index (χ3n) is 3.12. The van der Waals surface area contributed by atoms with E-state index in [1.165, 1.54) is 5.56 Å². The van der Waals surface area contributed by atoms with Gasteiger partial charge in [0.2, 0.25) is 0 Å². The maximum Gasteiger partial charge on any atom is 0.122 e. The molecule has 18 heavy (non-hydrogen) atoms. The molecule has 0 fully saturated rings. The van der Waals surface area contributed by atoms with Crippen molar-refractivity contribution in [3.8, 4) is 11.5 Å². The summed E-state index contributed by atoms with van der Waals surface area (Å²) in [6, 6.07) is 13.4. The number of nitrogens with one attached hydrogen (secondary N) is 1. The van der Waals surface area contributed by atoms with Gasteiger partial charge in [-0.1, -0.05) is 12.1 Å². The summed E-state index contributed by atoms with van der Waals surface area (Å²) in [6.45, 7) is 1.54. The van der Waals surface area contributed by atoms with E-state index in [2.05, 4.69) is 11.4 Å². The van der Waals surface area contributed by atoms with Crippen molar-refractivity contribution in [3.63, 3.8) is 0 Å². The molecule has 2 aromatic carbocycles. The van der Waals surface area contributed by atoms with E-state index in [1.54, 1.807) is 12.1 Å². The molecule has 1 aliphatic rings. The molecule has 0 saturated heterocycles. The SMILES string of the molecule is Oc1ccc(CNc2ccc3c(c2)CCO3)cc1. The van der Waals surface area contributed by atoms with Crippen LogP contribution in [0, 0.1) is 0 Å². The lowest BCUT2D eigenvalue weighted by Gasteiger charge is -2.08. The molecule has 0 unspecified atom stereocenters. The average molecular weight is 241 g/mol. The van der Waals surface area contributed by atoms with Gasteiger partial charge in [0.1, 0.15) is 11.5 Å². The largest absolute Gasteiger partial charge is 0.508 e. The zero-order chi connectivity index (χ0) is 12.4. The fourth-order valence-corrected chi connectivity index (χ4v) is 2.11. The van der Waals surface area contributed by atoms with Crippen molar-refractivity contribution in [2.24, 2.45) is 0 Å². The van der Waals surface area contributed by atoms with Crippen molar-refractivity contribution in [1.29, 1.82) is 0 Å². The van der Waals surface area contributed by atoms with Gasteiger partial charge in [-0.25, -0.2) is 0 Å². The Labute approximate surface area is 106 Å². The van der Waals surface area contributed by atoms with Crippen LogP contribution in [0.5, 0.6) is 11.5 Å². The highest BCUT2D eigenvalue weighted by Gasteiger charge is 2.11. The second kappa shape index (κ2) is 4.61. The third-order valence-corrected chi connectivity index (χ3v) is 3.12. The normalized spacial score (nSPS) is 12.9. The third kappa shape index (κ3) is 2.25. The number of hydrogen-bond acceptors (Lipinski definition) is 3. The number of fused-ring (bicyclic) bond motifs is 1. The van der Waals surface area contributed by atoms with Crippen molar-refractivity contribution >= 4 is 5.69 Å². The first-order chi connectivity index (χ1) is 8.81. The van der Waals surface area contributed by atoms with Crippen LogP contribution in [-0.4, -0.2) is 11.7 Å². The predicted octanol–water partition coefficient (Wildman–Crippen LogP) is 2.94. The van der Waals surface area contributed by atoms with Crippen molar-refractivity contribution in [1.82, 2.24) is 0 Å². The highest BCUT2D eigenvalue weighted by atomic mass is 16.5. The first-order valence-electron chi connectivity index (χ1n) is 6.09. The fourth-order valence-electron chi connectivity index (χ4n) is 2.11. The zero-order valence-corrected chi connectivity index (χ0v) is 10.0. The molecule has 3 rings (SSSR count). The van der Waals surface area contributed by atoms with Gasteiger partial charge >= 0.3 is 0 Å². The van der Waals surface area contributed by atoms with Gasteiger partial charge < -0.3 is 15.2 Å². The summed E-state index contributed by atoms with van der Waals surface area (Å²) in [5.41, 5.74) is 3.52. The lowest BCUT2D eigenvalue weighted by Crippen LogP contribution is -1.99. The van der Waals surface area contributed by atoms with E-state index in [9.17, 15) is 5.11 Å².